The summed E-state index contributed by atoms with van der Waals surface area (Å²) in [5.74, 6) is 0.316. The van der Waals surface area contributed by atoms with Gasteiger partial charge in [0.1, 0.15) is 0 Å². The lowest BCUT2D eigenvalue weighted by Gasteiger charge is -2.24. The number of nitrogens with one attached hydrogen (secondary N) is 2. The third-order valence-electron chi connectivity index (χ3n) is 2.87. The van der Waals surface area contributed by atoms with Gasteiger partial charge < -0.3 is 15.4 Å². The standard InChI is InChI=1S/C11H22N2O2/c1-3-10(8-15-2)13-11(14)9-5-4-6-12-7-9/h9-10,12H,3-8H2,1-2H3,(H,13,14)/t9-,10?/m0/s1. The molecule has 4 heteroatoms. The molecular weight excluding hydrogens is 192 g/mol. The number of methoxy groups -OCH3 is 1. The van der Waals surface area contributed by atoms with Gasteiger partial charge in [0.05, 0.1) is 18.6 Å². The quantitative estimate of drug-likeness (QED) is 0.702. The van der Waals surface area contributed by atoms with Gasteiger partial charge in [0.2, 0.25) is 5.91 Å². The maximum absolute atomic E-state index is 11.8. The second kappa shape index (κ2) is 6.80. The molecule has 88 valence electrons. The molecule has 0 aromatic heterocycles. The van der Waals surface area contributed by atoms with Crippen LogP contribution in [0.4, 0.5) is 0 Å². The van der Waals surface area contributed by atoms with Gasteiger partial charge in [-0.15, -0.1) is 0 Å². The highest BCUT2D eigenvalue weighted by molar-refractivity contribution is 5.79. The van der Waals surface area contributed by atoms with Crippen molar-refractivity contribution in [1.29, 1.82) is 0 Å². The van der Waals surface area contributed by atoms with E-state index < -0.39 is 0 Å². The van der Waals surface area contributed by atoms with E-state index >= 15 is 0 Å². The zero-order chi connectivity index (χ0) is 11.1. The lowest BCUT2D eigenvalue weighted by molar-refractivity contribution is -0.126. The van der Waals surface area contributed by atoms with E-state index in [1.54, 1.807) is 7.11 Å². The minimum Gasteiger partial charge on any atom is -0.383 e. The van der Waals surface area contributed by atoms with Crippen molar-refractivity contribution in [2.24, 2.45) is 5.92 Å². The van der Waals surface area contributed by atoms with Gasteiger partial charge in [-0.3, -0.25) is 4.79 Å². The second-order valence-corrected chi connectivity index (χ2v) is 4.11. The summed E-state index contributed by atoms with van der Waals surface area (Å²) in [5.41, 5.74) is 0. The largest absolute Gasteiger partial charge is 0.383 e. The molecule has 2 atom stereocenters. The highest BCUT2D eigenvalue weighted by atomic mass is 16.5. The van der Waals surface area contributed by atoms with Crippen LogP contribution in [0.5, 0.6) is 0 Å². The van der Waals surface area contributed by atoms with Crippen LogP contribution < -0.4 is 10.6 Å². The van der Waals surface area contributed by atoms with Crippen molar-refractivity contribution < 1.29 is 9.53 Å². The van der Waals surface area contributed by atoms with Crippen molar-refractivity contribution in [3.63, 3.8) is 0 Å². The fourth-order valence-corrected chi connectivity index (χ4v) is 1.86. The molecule has 15 heavy (non-hydrogen) atoms. The molecule has 1 aliphatic heterocycles. The van der Waals surface area contributed by atoms with E-state index in [9.17, 15) is 4.79 Å². The molecule has 0 aromatic carbocycles. The molecule has 0 spiro atoms. The van der Waals surface area contributed by atoms with E-state index in [1.165, 1.54) is 0 Å². The van der Waals surface area contributed by atoms with Crippen LogP contribution in [0.15, 0.2) is 0 Å². The first-order valence-electron chi connectivity index (χ1n) is 5.78. The Hall–Kier alpha value is -0.610. The molecule has 1 heterocycles. The Morgan fingerprint density at radius 1 is 1.67 bits per heavy atom. The molecule has 0 aromatic rings. The molecule has 1 aliphatic rings. The number of hydrogen-bond donors (Lipinski definition) is 2. The molecule has 1 unspecified atom stereocenters. The van der Waals surface area contributed by atoms with Crippen molar-refractivity contribution in [3.05, 3.63) is 0 Å². The summed E-state index contributed by atoms with van der Waals surface area (Å²) in [4.78, 5) is 11.8. The van der Waals surface area contributed by atoms with Crippen molar-refractivity contribution in [2.45, 2.75) is 32.2 Å². The van der Waals surface area contributed by atoms with Crippen molar-refractivity contribution in [3.8, 4) is 0 Å². The van der Waals surface area contributed by atoms with Crippen LogP contribution in [0.25, 0.3) is 0 Å². The van der Waals surface area contributed by atoms with Gasteiger partial charge in [-0.25, -0.2) is 0 Å². The third kappa shape index (κ3) is 4.18. The molecule has 1 rings (SSSR count). The Bertz CT molecular complexity index is 191. The SMILES string of the molecule is CCC(COC)NC(=O)[C@H]1CCCNC1. The molecule has 2 N–H and O–H groups in total. The zero-order valence-corrected chi connectivity index (χ0v) is 9.71. The Morgan fingerprint density at radius 2 is 2.47 bits per heavy atom. The number of carbonyl (C=O) groups excluding carboxylic acids is 1. The highest BCUT2D eigenvalue weighted by Gasteiger charge is 2.22. The molecule has 0 radical (unpaired) electrons. The predicted molar refractivity (Wildman–Crippen MR) is 59.7 cm³/mol. The monoisotopic (exact) mass is 214 g/mol. The normalized spacial score (nSPS) is 23.5. The number of rotatable bonds is 5. The van der Waals surface area contributed by atoms with E-state index in [0.29, 0.717) is 6.61 Å². The van der Waals surface area contributed by atoms with Gasteiger partial charge in [-0.2, -0.15) is 0 Å². The molecule has 0 saturated carbocycles. The van der Waals surface area contributed by atoms with Gasteiger partial charge in [0, 0.05) is 13.7 Å². The molecule has 1 saturated heterocycles. The number of hydrogen-bond acceptors (Lipinski definition) is 3. The van der Waals surface area contributed by atoms with Gasteiger partial charge >= 0.3 is 0 Å². The lowest BCUT2D eigenvalue weighted by atomic mass is 9.98. The molecule has 1 amide bonds. The van der Waals surface area contributed by atoms with Crippen molar-refractivity contribution in [2.75, 3.05) is 26.8 Å². The topological polar surface area (TPSA) is 50.4 Å². The summed E-state index contributed by atoms with van der Waals surface area (Å²) in [6, 6.07) is 0.157. The molecule has 1 fully saturated rings. The maximum atomic E-state index is 11.8. The van der Waals surface area contributed by atoms with E-state index in [0.717, 1.165) is 32.4 Å². The van der Waals surface area contributed by atoms with Crippen LogP contribution in [0, 0.1) is 5.92 Å². The fraction of sp³-hybridized carbons (Fsp3) is 0.909. The van der Waals surface area contributed by atoms with E-state index in [4.69, 9.17) is 4.74 Å². The number of amides is 1. The minimum absolute atomic E-state index is 0.143. The van der Waals surface area contributed by atoms with Crippen LogP contribution in [0.3, 0.4) is 0 Å². The number of carbonyl (C=O) groups is 1. The molecule has 4 nitrogen and oxygen atoms in total. The Balaban J connectivity index is 2.31. The van der Waals surface area contributed by atoms with E-state index in [2.05, 4.69) is 17.6 Å². The molecular formula is C11H22N2O2. The van der Waals surface area contributed by atoms with Crippen molar-refractivity contribution in [1.82, 2.24) is 10.6 Å². The predicted octanol–water partition coefficient (Wildman–Crippen LogP) is 0.527. The minimum atomic E-state index is 0.143. The van der Waals surface area contributed by atoms with Crippen LogP contribution in [-0.2, 0) is 9.53 Å². The van der Waals surface area contributed by atoms with E-state index in [1.807, 2.05) is 0 Å². The summed E-state index contributed by atoms with van der Waals surface area (Å²) in [5, 5.41) is 6.28. The maximum Gasteiger partial charge on any atom is 0.224 e. The van der Waals surface area contributed by atoms with Gasteiger partial charge in [0.15, 0.2) is 0 Å². The number of piperidine rings is 1. The summed E-state index contributed by atoms with van der Waals surface area (Å²) in [7, 11) is 1.66. The number of ether oxygens (including phenoxy) is 1. The smallest absolute Gasteiger partial charge is 0.224 e. The first-order chi connectivity index (χ1) is 7.27. The van der Waals surface area contributed by atoms with Crippen LogP contribution >= 0.6 is 0 Å². The summed E-state index contributed by atoms with van der Waals surface area (Å²) < 4.78 is 5.05. The summed E-state index contributed by atoms with van der Waals surface area (Å²) >= 11 is 0. The third-order valence-corrected chi connectivity index (χ3v) is 2.87. The van der Waals surface area contributed by atoms with Gasteiger partial charge in [-0.05, 0) is 25.8 Å². The highest BCUT2D eigenvalue weighted by Crippen LogP contribution is 2.10. The zero-order valence-electron chi connectivity index (χ0n) is 9.71. The Morgan fingerprint density at radius 3 is 3.00 bits per heavy atom. The van der Waals surface area contributed by atoms with Gasteiger partial charge in [0.25, 0.3) is 0 Å². The van der Waals surface area contributed by atoms with Gasteiger partial charge in [-0.1, -0.05) is 6.92 Å². The summed E-state index contributed by atoms with van der Waals surface area (Å²) in [6.45, 7) is 4.51. The van der Waals surface area contributed by atoms with Crippen LogP contribution in [-0.4, -0.2) is 38.8 Å². The first kappa shape index (κ1) is 12.5. The Kier molecular flexibility index (Phi) is 5.65. The van der Waals surface area contributed by atoms with E-state index in [-0.39, 0.29) is 17.9 Å². The molecule has 0 bridgehead atoms. The summed E-state index contributed by atoms with van der Waals surface area (Å²) in [6.07, 6.45) is 3.02. The lowest BCUT2D eigenvalue weighted by Crippen LogP contribution is -2.45. The first-order valence-corrected chi connectivity index (χ1v) is 5.78. The average molecular weight is 214 g/mol. The van der Waals surface area contributed by atoms with Crippen LogP contribution in [0.1, 0.15) is 26.2 Å². The second-order valence-electron chi connectivity index (χ2n) is 4.11. The average Bonchev–Trinajstić information content (AvgIpc) is 2.29. The van der Waals surface area contributed by atoms with Crippen molar-refractivity contribution >= 4 is 5.91 Å². The Labute approximate surface area is 91.8 Å². The molecule has 0 aliphatic carbocycles. The fourth-order valence-electron chi connectivity index (χ4n) is 1.86. The van der Waals surface area contributed by atoms with Crippen LogP contribution in [0.2, 0.25) is 0 Å².